The monoisotopic (exact) mass is 246 g/mol. The van der Waals surface area contributed by atoms with Crippen molar-refractivity contribution in [2.75, 3.05) is 20.2 Å². The molecule has 0 fully saturated rings. The van der Waals surface area contributed by atoms with E-state index in [0.29, 0.717) is 11.3 Å². The summed E-state index contributed by atoms with van der Waals surface area (Å²) in [6.45, 7) is 2.79. The number of hydrogen-bond donors (Lipinski definition) is 0. The number of carbonyl (C=O) groups is 1. The quantitative estimate of drug-likeness (QED) is 0.773. The Morgan fingerprint density at radius 1 is 1.44 bits per heavy atom. The maximum Gasteiger partial charge on any atom is 0.260 e. The van der Waals surface area contributed by atoms with E-state index < -0.39 is 0 Å². The number of amides is 1. The molecule has 0 unspecified atom stereocenters. The van der Waals surface area contributed by atoms with Crippen LogP contribution in [0.15, 0.2) is 24.3 Å². The van der Waals surface area contributed by atoms with Crippen molar-refractivity contribution in [3.8, 4) is 11.8 Å². The van der Waals surface area contributed by atoms with Crippen LogP contribution in [0, 0.1) is 11.3 Å². The second-order valence-electron chi connectivity index (χ2n) is 4.07. The second-order valence-corrected chi connectivity index (χ2v) is 4.07. The molecule has 4 nitrogen and oxygen atoms in total. The average Bonchev–Trinajstić information content (AvgIpc) is 2.42. The number of ether oxygens (including phenoxy) is 1. The zero-order valence-electron chi connectivity index (χ0n) is 10.8. The van der Waals surface area contributed by atoms with Crippen LogP contribution in [0.3, 0.4) is 0 Å². The van der Waals surface area contributed by atoms with Crippen molar-refractivity contribution >= 4 is 5.91 Å². The van der Waals surface area contributed by atoms with Crippen LogP contribution in [0.2, 0.25) is 0 Å². The predicted molar refractivity (Wildman–Crippen MR) is 69.2 cm³/mol. The van der Waals surface area contributed by atoms with Crippen LogP contribution in [0.5, 0.6) is 5.75 Å². The molecule has 0 heterocycles. The van der Waals surface area contributed by atoms with Crippen molar-refractivity contribution in [1.29, 1.82) is 5.26 Å². The van der Waals surface area contributed by atoms with E-state index in [1.807, 2.05) is 6.07 Å². The lowest BCUT2D eigenvalue weighted by Gasteiger charge is -2.17. The number of nitriles is 1. The van der Waals surface area contributed by atoms with Crippen LogP contribution >= 0.6 is 0 Å². The largest absolute Gasteiger partial charge is 0.482 e. The summed E-state index contributed by atoms with van der Waals surface area (Å²) in [5.74, 6) is 0.383. The molecule has 0 spiro atoms. The highest BCUT2D eigenvalue weighted by Crippen LogP contribution is 2.16. The molecule has 0 saturated heterocycles. The number of nitrogens with zero attached hydrogens (tertiary/aromatic N) is 2. The molecule has 0 atom stereocenters. The van der Waals surface area contributed by atoms with Gasteiger partial charge in [-0.25, -0.2) is 0 Å². The third kappa shape index (κ3) is 4.10. The first-order chi connectivity index (χ1) is 8.69. The normalized spacial score (nSPS) is 9.61. The molecule has 1 aromatic carbocycles. The fourth-order valence-electron chi connectivity index (χ4n) is 1.45. The van der Waals surface area contributed by atoms with Gasteiger partial charge in [0.05, 0.1) is 5.56 Å². The number of rotatable bonds is 6. The Balaban J connectivity index is 2.50. The Morgan fingerprint density at radius 3 is 2.83 bits per heavy atom. The highest BCUT2D eigenvalue weighted by Gasteiger charge is 2.10. The van der Waals surface area contributed by atoms with Crippen molar-refractivity contribution in [2.45, 2.75) is 19.8 Å². The Labute approximate surface area is 108 Å². The highest BCUT2D eigenvalue weighted by atomic mass is 16.5. The third-order valence-corrected chi connectivity index (χ3v) is 2.63. The molecule has 96 valence electrons. The van der Waals surface area contributed by atoms with Crippen molar-refractivity contribution < 1.29 is 9.53 Å². The molecule has 1 rings (SSSR count). The third-order valence-electron chi connectivity index (χ3n) is 2.63. The van der Waals surface area contributed by atoms with E-state index >= 15 is 0 Å². The predicted octanol–water partition coefficient (Wildman–Crippen LogP) is 2.20. The standard InChI is InChI=1S/C14H18N2O2/c1-3-4-9-16(2)14(17)11-18-13-8-6-5-7-12(13)10-15/h5-8H,3-4,9,11H2,1-2H3. The molecule has 0 aliphatic rings. The maximum absolute atomic E-state index is 11.7. The fraction of sp³-hybridized carbons (Fsp3) is 0.429. The molecule has 1 amide bonds. The molecule has 0 aliphatic carbocycles. The van der Waals surface area contributed by atoms with Gasteiger partial charge in [0.25, 0.3) is 5.91 Å². The first-order valence-electron chi connectivity index (χ1n) is 6.05. The highest BCUT2D eigenvalue weighted by molar-refractivity contribution is 5.77. The minimum atomic E-state index is -0.0730. The summed E-state index contributed by atoms with van der Waals surface area (Å²) in [5, 5.41) is 8.88. The van der Waals surface area contributed by atoms with Gasteiger partial charge in [-0.3, -0.25) is 4.79 Å². The Kier molecular flexibility index (Phi) is 5.72. The van der Waals surface area contributed by atoms with Crippen molar-refractivity contribution in [3.63, 3.8) is 0 Å². The van der Waals surface area contributed by atoms with Gasteiger partial charge in [0, 0.05) is 13.6 Å². The van der Waals surface area contributed by atoms with Crippen LogP contribution in [0.1, 0.15) is 25.3 Å². The van der Waals surface area contributed by atoms with E-state index in [1.165, 1.54) is 0 Å². The number of hydrogen-bond acceptors (Lipinski definition) is 3. The SMILES string of the molecule is CCCCN(C)C(=O)COc1ccccc1C#N. The summed E-state index contributed by atoms with van der Waals surface area (Å²) in [7, 11) is 1.76. The van der Waals surface area contributed by atoms with Gasteiger partial charge < -0.3 is 9.64 Å². The summed E-state index contributed by atoms with van der Waals surface area (Å²) in [4.78, 5) is 13.4. The summed E-state index contributed by atoms with van der Waals surface area (Å²) in [5.41, 5.74) is 0.446. The molecule has 1 aromatic rings. The number of carbonyl (C=O) groups excluding carboxylic acids is 1. The average molecular weight is 246 g/mol. The number of benzene rings is 1. The van der Waals surface area contributed by atoms with Crippen LogP contribution in [-0.2, 0) is 4.79 Å². The van der Waals surface area contributed by atoms with E-state index in [1.54, 1.807) is 36.2 Å². The Morgan fingerprint density at radius 2 is 2.17 bits per heavy atom. The van der Waals surface area contributed by atoms with Crippen molar-refractivity contribution in [3.05, 3.63) is 29.8 Å². The Bertz CT molecular complexity index is 438. The van der Waals surface area contributed by atoms with E-state index in [9.17, 15) is 4.79 Å². The lowest BCUT2D eigenvalue weighted by molar-refractivity contribution is -0.132. The molecule has 0 N–H and O–H groups in total. The molecular formula is C14H18N2O2. The maximum atomic E-state index is 11.7. The number of likely N-dealkylation sites (N-methyl/N-ethyl adjacent to an activating group) is 1. The van der Waals surface area contributed by atoms with Gasteiger partial charge in [-0.1, -0.05) is 25.5 Å². The lowest BCUT2D eigenvalue weighted by atomic mass is 10.2. The fourth-order valence-corrected chi connectivity index (χ4v) is 1.45. The van der Waals surface area contributed by atoms with Crippen molar-refractivity contribution in [1.82, 2.24) is 4.90 Å². The summed E-state index contributed by atoms with van der Waals surface area (Å²) in [6, 6.07) is 8.94. The number of para-hydroxylation sites is 1. The zero-order chi connectivity index (χ0) is 13.4. The topological polar surface area (TPSA) is 53.3 Å². The minimum Gasteiger partial charge on any atom is -0.482 e. The van der Waals surface area contributed by atoms with Crippen LogP contribution in [0.4, 0.5) is 0 Å². The minimum absolute atomic E-state index is 0.0289. The van der Waals surface area contributed by atoms with E-state index in [0.717, 1.165) is 19.4 Å². The van der Waals surface area contributed by atoms with Gasteiger partial charge in [-0.05, 0) is 18.6 Å². The molecule has 0 aromatic heterocycles. The van der Waals surface area contributed by atoms with Crippen LogP contribution in [-0.4, -0.2) is 31.0 Å². The molecule has 0 radical (unpaired) electrons. The van der Waals surface area contributed by atoms with E-state index in [-0.39, 0.29) is 12.5 Å². The Hall–Kier alpha value is -2.02. The molecule has 0 aliphatic heterocycles. The summed E-state index contributed by atoms with van der Waals surface area (Å²) in [6.07, 6.45) is 2.03. The first-order valence-corrected chi connectivity index (χ1v) is 6.05. The van der Waals surface area contributed by atoms with Crippen molar-refractivity contribution in [2.24, 2.45) is 0 Å². The summed E-state index contributed by atoms with van der Waals surface area (Å²) >= 11 is 0. The second kappa shape index (κ2) is 7.33. The molecule has 18 heavy (non-hydrogen) atoms. The van der Waals surface area contributed by atoms with Gasteiger partial charge in [0.2, 0.25) is 0 Å². The smallest absolute Gasteiger partial charge is 0.260 e. The van der Waals surface area contributed by atoms with E-state index in [2.05, 4.69) is 6.92 Å². The molecule has 4 heteroatoms. The van der Waals surface area contributed by atoms with Gasteiger partial charge in [-0.15, -0.1) is 0 Å². The van der Waals surface area contributed by atoms with Crippen LogP contribution < -0.4 is 4.74 Å². The van der Waals surface area contributed by atoms with Gasteiger partial charge in [-0.2, -0.15) is 5.26 Å². The summed E-state index contributed by atoms with van der Waals surface area (Å²) < 4.78 is 5.38. The molecule has 0 saturated carbocycles. The van der Waals surface area contributed by atoms with Gasteiger partial charge >= 0.3 is 0 Å². The number of unbranched alkanes of at least 4 members (excludes halogenated alkanes) is 1. The molecular weight excluding hydrogens is 228 g/mol. The molecule has 0 bridgehead atoms. The zero-order valence-corrected chi connectivity index (χ0v) is 10.8. The van der Waals surface area contributed by atoms with Gasteiger partial charge in [0.15, 0.2) is 6.61 Å². The van der Waals surface area contributed by atoms with Crippen LogP contribution in [0.25, 0.3) is 0 Å². The lowest BCUT2D eigenvalue weighted by Crippen LogP contribution is -2.32. The first kappa shape index (κ1) is 14.0. The van der Waals surface area contributed by atoms with E-state index in [4.69, 9.17) is 10.00 Å². The van der Waals surface area contributed by atoms with Gasteiger partial charge in [0.1, 0.15) is 11.8 Å².